The van der Waals surface area contributed by atoms with E-state index in [1.165, 1.54) is 0 Å². The van der Waals surface area contributed by atoms with Crippen LogP contribution in [0, 0.1) is 6.92 Å². The molecule has 27 heavy (non-hydrogen) atoms. The van der Waals surface area contributed by atoms with E-state index in [1.54, 1.807) is 6.07 Å². The van der Waals surface area contributed by atoms with Crippen LogP contribution >= 0.6 is 11.6 Å². The number of aromatic nitrogens is 2. The molecule has 3 aromatic rings. The van der Waals surface area contributed by atoms with Crippen molar-refractivity contribution in [3.05, 3.63) is 82.0 Å². The Balaban J connectivity index is 1.44. The second kappa shape index (κ2) is 7.45. The molecule has 0 spiro atoms. The molecule has 0 atom stereocenters. The quantitative estimate of drug-likeness (QED) is 0.684. The van der Waals surface area contributed by atoms with Crippen molar-refractivity contribution >= 4 is 17.5 Å². The van der Waals surface area contributed by atoms with Crippen molar-refractivity contribution in [1.82, 2.24) is 14.7 Å². The molecule has 0 saturated heterocycles. The largest absolute Gasteiger partial charge is 0.472 e. The Kier molecular flexibility index (Phi) is 4.86. The molecule has 1 aromatic heterocycles. The van der Waals surface area contributed by atoms with Crippen LogP contribution in [0.3, 0.4) is 0 Å². The minimum Gasteiger partial charge on any atom is -0.472 e. The zero-order valence-corrected chi connectivity index (χ0v) is 15.8. The summed E-state index contributed by atoms with van der Waals surface area (Å²) in [7, 11) is 0. The summed E-state index contributed by atoms with van der Waals surface area (Å²) in [6.45, 7) is 4.16. The minimum absolute atomic E-state index is 0.0175. The first-order valence-corrected chi connectivity index (χ1v) is 9.27. The van der Waals surface area contributed by atoms with Crippen molar-refractivity contribution in [2.24, 2.45) is 0 Å². The molecule has 1 amide bonds. The van der Waals surface area contributed by atoms with E-state index in [1.807, 2.05) is 65.0 Å². The summed E-state index contributed by atoms with van der Waals surface area (Å²) in [6, 6.07) is 17.3. The summed E-state index contributed by atoms with van der Waals surface area (Å²) >= 11 is 6.17. The first kappa shape index (κ1) is 17.6. The molecule has 0 aliphatic carbocycles. The van der Waals surface area contributed by atoms with Crippen LogP contribution in [0.1, 0.15) is 27.2 Å². The number of nitrogens with zero attached hydrogens (tertiary/aromatic N) is 3. The molecule has 1 aliphatic heterocycles. The Labute approximate surface area is 163 Å². The lowest BCUT2D eigenvalue weighted by molar-refractivity contribution is 0.0706. The van der Waals surface area contributed by atoms with E-state index in [0.717, 1.165) is 16.8 Å². The number of carbonyl (C=O) groups is 1. The van der Waals surface area contributed by atoms with Gasteiger partial charge in [0.25, 0.3) is 5.91 Å². The lowest BCUT2D eigenvalue weighted by Crippen LogP contribution is -2.38. The number of fused-ring (bicyclic) bond motifs is 1. The molecule has 0 N–H and O–H groups in total. The molecule has 138 valence electrons. The average molecular weight is 382 g/mol. The van der Waals surface area contributed by atoms with E-state index in [-0.39, 0.29) is 5.91 Å². The molecule has 4 rings (SSSR count). The number of amides is 1. The number of benzene rings is 2. The Morgan fingerprint density at radius 1 is 1.15 bits per heavy atom. The van der Waals surface area contributed by atoms with Gasteiger partial charge in [0.2, 0.25) is 5.88 Å². The third-order valence-electron chi connectivity index (χ3n) is 4.71. The van der Waals surface area contributed by atoms with Gasteiger partial charge in [0.1, 0.15) is 6.61 Å². The van der Waals surface area contributed by atoms with Gasteiger partial charge in [-0.3, -0.25) is 9.48 Å². The molecule has 6 heteroatoms. The molecule has 2 heterocycles. The van der Waals surface area contributed by atoms with Crippen molar-refractivity contribution in [2.75, 3.05) is 6.54 Å². The number of hydrogen-bond donors (Lipinski definition) is 0. The number of rotatable bonds is 4. The van der Waals surface area contributed by atoms with Crippen LogP contribution < -0.4 is 4.74 Å². The highest BCUT2D eigenvalue weighted by Crippen LogP contribution is 2.22. The highest BCUT2D eigenvalue weighted by atomic mass is 35.5. The van der Waals surface area contributed by atoms with Crippen molar-refractivity contribution in [1.29, 1.82) is 0 Å². The van der Waals surface area contributed by atoms with Crippen molar-refractivity contribution < 1.29 is 9.53 Å². The lowest BCUT2D eigenvalue weighted by atomic mass is 10.1. The maximum atomic E-state index is 12.8. The normalized spacial score (nSPS) is 13.3. The third-order valence-corrected chi connectivity index (χ3v) is 5.12. The summed E-state index contributed by atoms with van der Waals surface area (Å²) in [5, 5.41) is 5.10. The van der Waals surface area contributed by atoms with E-state index < -0.39 is 0 Å². The van der Waals surface area contributed by atoms with Gasteiger partial charge in [-0.15, -0.1) is 5.10 Å². The van der Waals surface area contributed by atoms with Crippen molar-refractivity contribution in [3.63, 3.8) is 0 Å². The first-order chi connectivity index (χ1) is 13.1. The van der Waals surface area contributed by atoms with E-state index >= 15 is 0 Å². The summed E-state index contributed by atoms with van der Waals surface area (Å²) in [4.78, 5) is 14.6. The van der Waals surface area contributed by atoms with Gasteiger partial charge in [-0.2, -0.15) is 0 Å². The smallest absolute Gasteiger partial charge is 0.254 e. The highest BCUT2D eigenvalue weighted by molar-refractivity contribution is 6.31. The molecule has 0 unspecified atom stereocenters. The molecule has 0 fully saturated rings. The maximum absolute atomic E-state index is 12.8. The van der Waals surface area contributed by atoms with Crippen LogP contribution in [0.2, 0.25) is 5.02 Å². The van der Waals surface area contributed by atoms with Gasteiger partial charge < -0.3 is 9.64 Å². The zero-order chi connectivity index (χ0) is 18.8. The predicted molar refractivity (Wildman–Crippen MR) is 104 cm³/mol. The van der Waals surface area contributed by atoms with Crippen LogP contribution in [0.15, 0.2) is 54.6 Å². The fraction of sp³-hybridized carbons (Fsp3) is 0.238. The second-order valence-corrected chi connectivity index (χ2v) is 7.07. The molecule has 0 bridgehead atoms. The highest BCUT2D eigenvalue weighted by Gasteiger charge is 2.24. The van der Waals surface area contributed by atoms with Crippen LogP contribution in [0.5, 0.6) is 5.88 Å². The minimum atomic E-state index is -0.0175. The van der Waals surface area contributed by atoms with Crippen LogP contribution in [0.4, 0.5) is 0 Å². The Morgan fingerprint density at radius 2 is 1.96 bits per heavy atom. The fourth-order valence-corrected chi connectivity index (χ4v) is 3.30. The van der Waals surface area contributed by atoms with Crippen LogP contribution in [-0.4, -0.2) is 27.1 Å². The number of ether oxygens (including phenoxy) is 1. The monoisotopic (exact) mass is 381 g/mol. The van der Waals surface area contributed by atoms with Gasteiger partial charge in [-0.25, -0.2) is 0 Å². The van der Waals surface area contributed by atoms with Crippen molar-refractivity contribution in [3.8, 4) is 5.88 Å². The third kappa shape index (κ3) is 3.83. The molecular weight excluding hydrogens is 362 g/mol. The van der Waals surface area contributed by atoms with E-state index in [9.17, 15) is 4.79 Å². The standard InChI is InChI=1S/C21H20ClN3O2/c1-15-7-8-17(11-19(15)22)21(26)24-9-10-25-18(13-24)12-20(23-25)27-14-16-5-3-2-4-6-16/h2-8,11-12H,9-10,13-14H2,1H3. The summed E-state index contributed by atoms with van der Waals surface area (Å²) in [6.07, 6.45) is 0. The van der Waals surface area contributed by atoms with Gasteiger partial charge in [-0.1, -0.05) is 48.0 Å². The average Bonchev–Trinajstić information content (AvgIpc) is 3.11. The Bertz CT molecular complexity index is 969. The van der Waals surface area contributed by atoms with Crippen molar-refractivity contribution in [2.45, 2.75) is 26.6 Å². The summed E-state index contributed by atoms with van der Waals surface area (Å²) in [5.41, 5.74) is 3.64. The van der Waals surface area contributed by atoms with Gasteiger partial charge in [0.15, 0.2) is 0 Å². The Hall–Kier alpha value is -2.79. The molecule has 0 saturated carbocycles. The molecular formula is C21H20ClN3O2. The maximum Gasteiger partial charge on any atom is 0.254 e. The first-order valence-electron chi connectivity index (χ1n) is 8.89. The predicted octanol–water partition coefficient (Wildman–Crippen LogP) is 4.08. The van der Waals surface area contributed by atoms with Crippen LogP contribution in [-0.2, 0) is 19.7 Å². The number of aryl methyl sites for hydroxylation is 1. The van der Waals surface area contributed by atoms with E-state index in [2.05, 4.69) is 5.10 Å². The lowest BCUT2D eigenvalue weighted by Gasteiger charge is -2.27. The Morgan fingerprint density at radius 3 is 2.74 bits per heavy atom. The zero-order valence-electron chi connectivity index (χ0n) is 15.1. The summed E-state index contributed by atoms with van der Waals surface area (Å²) < 4.78 is 7.71. The number of halogens is 1. The number of carbonyl (C=O) groups excluding carboxylic acids is 1. The molecule has 0 radical (unpaired) electrons. The summed E-state index contributed by atoms with van der Waals surface area (Å²) in [5.74, 6) is 0.567. The second-order valence-electron chi connectivity index (χ2n) is 6.66. The molecule has 1 aliphatic rings. The molecule has 2 aromatic carbocycles. The van der Waals surface area contributed by atoms with E-state index in [0.29, 0.717) is 42.7 Å². The van der Waals surface area contributed by atoms with Gasteiger partial charge in [0.05, 0.1) is 18.8 Å². The number of hydrogen-bond acceptors (Lipinski definition) is 3. The topological polar surface area (TPSA) is 47.4 Å². The van der Waals surface area contributed by atoms with Gasteiger partial charge in [-0.05, 0) is 30.2 Å². The van der Waals surface area contributed by atoms with Gasteiger partial charge >= 0.3 is 0 Å². The fourth-order valence-electron chi connectivity index (χ4n) is 3.12. The van der Waals surface area contributed by atoms with E-state index in [4.69, 9.17) is 16.3 Å². The SMILES string of the molecule is Cc1ccc(C(=O)N2CCn3nc(OCc4ccccc4)cc3C2)cc1Cl. The van der Waals surface area contributed by atoms with Crippen LogP contribution in [0.25, 0.3) is 0 Å². The molecule has 5 nitrogen and oxygen atoms in total. The van der Waals surface area contributed by atoms with Gasteiger partial charge in [0, 0.05) is 23.2 Å².